The normalized spacial score (nSPS) is 11.4. The number of methoxy groups -OCH3 is 1. The first-order chi connectivity index (χ1) is 6.36. The van der Waals surface area contributed by atoms with Crippen LogP contribution < -0.4 is 4.74 Å². The summed E-state index contributed by atoms with van der Waals surface area (Å²) in [4.78, 5) is -0.723. The van der Waals surface area contributed by atoms with Crippen molar-refractivity contribution in [3.8, 4) is 5.75 Å². The average molecular weight is 243 g/mol. The van der Waals surface area contributed by atoms with Crippen LogP contribution >= 0.6 is 10.7 Å². The fraction of sp³-hybridized carbons (Fsp3) is 0.143. The zero-order valence-electron chi connectivity index (χ0n) is 6.92. The summed E-state index contributed by atoms with van der Waals surface area (Å²) in [6.45, 7) is 0. The molecule has 0 spiro atoms. The topological polar surface area (TPSA) is 43.4 Å². The van der Waals surface area contributed by atoms with E-state index in [-0.39, 0.29) is 0 Å². The minimum absolute atomic E-state index is 0.504. The minimum Gasteiger partial charge on any atom is -0.492 e. The Morgan fingerprint density at radius 3 is 2.36 bits per heavy atom. The SMILES string of the molecule is COc1c(F)cc(F)cc1S(=O)(=O)Cl. The van der Waals surface area contributed by atoms with Gasteiger partial charge in [0, 0.05) is 16.7 Å². The van der Waals surface area contributed by atoms with E-state index in [1.54, 1.807) is 0 Å². The minimum atomic E-state index is -4.22. The molecule has 0 radical (unpaired) electrons. The molecule has 0 aliphatic rings. The lowest BCUT2D eigenvalue weighted by molar-refractivity contribution is 0.371. The summed E-state index contributed by atoms with van der Waals surface area (Å²) in [6.07, 6.45) is 0. The van der Waals surface area contributed by atoms with Crippen molar-refractivity contribution in [2.45, 2.75) is 4.90 Å². The van der Waals surface area contributed by atoms with E-state index in [4.69, 9.17) is 10.7 Å². The van der Waals surface area contributed by atoms with Crippen molar-refractivity contribution in [1.29, 1.82) is 0 Å². The third kappa shape index (κ3) is 2.13. The predicted molar refractivity (Wildman–Crippen MR) is 45.9 cm³/mol. The van der Waals surface area contributed by atoms with Crippen LogP contribution in [0.5, 0.6) is 5.75 Å². The molecule has 78 valence electrons. The van der Waals surface area contributed by atoms with Crippen molar-refractivity contribution in [1.82, 2.24) is 0 Å². The van der Waals surface area contributed by atoms with Gasteiger partial charge in [-0.3, -0.25) is 0 Å². The standard InChI is InChI=1S/C7H5ClF2O3S/c1-13-7-5(10)2-4(9)3-6(7)14(8,11)12/h2-3H,1H3. The number of benzene rings is 1. The van der Waals surface area contributed by atoms with Crippen LogP contribution in [0.1, 0.15) is 0 Å². The second-order valence-corrected chi connectivity index (χ2v) is 4.89. The average Bonchev–Trinajstić information content (AvgIpc) is 2.01. The van der Waals surface area contributed by atoms with Crippen molar-refractivity contribution in [3.05, 3.63) is 23.8 Å². The van der Waals surface area contributed by atoms with Gasteiger partial charge in [-0.1, -0.05) is 0 Å². The zero-order valence-corrected chi connectivity index (χ0v) is 8.49. The molecule has 0 saturated heterocycles. The van der Waals surface area contributed by atoms with E-state index in [2.05, 4.69) is 4.74 Å². The fourth-order valence-corrected chi connectivity index (χ4v) is 1.92. The molecule has 0 amide bonds. The van der Waals surface area contributed by atoms with Gasteiger partial charge in [0.15, 0.2) is 11.6 Å². The maximum atomic E-state index is 13.0. The lowest BCUT2D eigenvalue weighted by Crippen LogP contribution is -2.00. The van der Waals surface area contributed by atoms with Gasteiger partial charge < -0.3 is 4.74 Å². The van der Waals surface area contributed by atoms with Gasteiger partial charge in [0.2, 0.25) is 0 Å². The summed E-state index contributed by atoms with van der Waals surface area (Å²) in [5.41, 5.74) is 0. The highest BCUT2D eigenvalue weighted by molar-refractivity contribution is 8.13. The molecule has 0 aromatic heterocycles. The van der Waals surface area contributed by atoms with E-state index in [0.717, 1.165) is 7.11 Å². The van der Waals surface area contributed by atoms with E-state index in [1.807, 2.05) is 0 Å². The molecule has 0 N–H and O–H groups in total. The largest absolute Gasteiger partial charge is 0.492 e. The molecule has 14 heavy (non-hydrogen) atoms. The number of halogens is 3. The van der Waals surface area contributed by atoms with Gasteiger partial charge >= 0.3 is 0 Å². The first kappa shape index (κ1) is 11.2. The summed E-state index contributed by atoms with van der Waals surface area (Å²) in [5, 5.41) is 0. The van der Waals surface area contributed by atoms with Gasteiger partial charge in [-0.2, -0.15) is 0 Å². The molecule has 0 bridgehead atoms. The third-order valence-electron chi connectivity index (χ3n) is 1.44. The Balaban J connectivity index is 3.56. The molecule has 1 rings (SSSR count). The quantitative estimate of drug-likeness (QED) is 0.744. The smallest absolute Gasteiger partial charge is 0.265 e. The van der Waals surface area contributed by atoms with Crippen LogP contribution in [0.15, 0.2) is 17.0 Å². The predicted octanol–water partition coefficient (Wildman–Crippen LogP) is 1.90. The van der Waals surface area contributed by atoms with Gasteiger partial charge in [0.1, 0.15) is 10.7 Å². The molecule has 1 aromatic rings. The fourth-order valence-electron chi connectivity index (χ4n) is 0.916. The van der Waals surface area contributed by atoms with Crippen LogP contribution in [0.2, 0.25) is 0 Å². The summed E-state index contributed by atoms with van der Waals surface area (Å²) in [7, 11) is 1.78. The van der Waals surface area contributed by atoms with Crippen LogP contribution in [-0.4, -0.2) is 15.5 Å². The maximum absolute atomic E-state index is 13.0. The van der Waals surface area contributed by atoms with Gasteiger partial charge in [-0.25, -0.2) is 17.2 Å². The monoisotopic (exact) mass is 242 g/mol. The summed E-state index contributed by atoms with van der Waals surface area (Å²) < 4.78 is 51.8. The van der Waals surface area contributed by atoms with Crippen LogP contribution in [0.4, 0.5) is 8.78 Å². The molecule has 0 atom stereocenters. The number of hydrogen-bond acceptors (Lipinski definition) is 3. The Kier molecular flexibility index (Phi) is 2.96. The molecule has 0 fully saturated rings. The molecule has 0 aliphatic carbocycles. The summed E-state index contributed by atoms with van der Waals surface area (Å²) in [6, 6.07) is 1.09. The highest BCUT2D eigenvalue weighted by Gasteiger charge is 2.21. The van der Waals surface area contributed by atoms with Crippen molar-refractivity contribution in [2.24, 2.45) is 0 Å². The molecule has 0 saturated carbocycles. The highest BCUT2D eigenvalue weighted by atomic mass is 35.7. The summed E-state index contributed by atoms with van der Waals surface area (Å²) in [5.74, 6) is -2.75. The molecule has 1 aromatic carbocycles. The lowest BCUT2D eigenvalue weighted by atomic mass is 10.3. The molecular formula is C7H5ClF2O3S. The van der Waals surface area contributed by atoms with Crippen LogP contribution in [0.3, 0.4) is 0 Å². The molecule has 7 heteroatoms. The summed E-state index contributed by atoms with van der Waals surface area (Å²) >= 11 is 0. The maximum Gasteiger partial charge on any atom is 0.265 e. The second-order valence-electron chi connectivity index (χ2n) is 2.36. The van der Waals surface area contributed by atoms with Crippen molar-refractivity contribution < 1.29 is 21.9 Å². The van der Waals surface area contributed by atoms with E-state index >= 15 is 0 Å². The first-order valence-electron chi connectivity index (χ1n) is 3.34. The van der Waals surface area contributed by atoms with E-state index in [9.17, 15) is 17.2 Å². The lowest BCUT2D eigenvalue weighted by Gasteiger charge is -2.06. The van der Waals surface area contributed by atoms with Crippen LogP contribution in [-0.2, 0) is 9.05 Å². The van der Waals surface area contributed by atoms with Crippen molar-refractivity contribution in [2.75, 3.05) is 7.11 Å². The Labute approximate surface area is 83.7 Å². The van der Waals surface area contributed by atoms with Crippen molar-refractivity contribution >= 4 is 19.7 Å². The van der Waals surface area contributed by atoms with E-state index < -0.39 is 31.3 Å². The Morgan fingerprint density at radius 2 is 1.93 bits per heavy atom. The Bertz CT molecular complexity index is 458. The highest BCUT2D eigenvalue weighted by Crippen LogP contribution is 2.30. The number of rotatable bonds is 2. The molecule has 0 aliphatic heterocycles. The molecule has 3 nitrogen and oxygen atoms in total. The van der Waals surface area contributed by atoms with Gasteiger partial charge in [-0.15, -0.1) is 0 Å². The zero-order chi connectivity index (χ0) is 10.9. The van der Waals surface area contributed by atoms with E-state index in [1.165, 1.54) is 0 Å². The van der Waals surface area contributed by atoms with Crippen LogP contribution in [0.25, 0.3) is 0 Å². The number of ether oxygens (including phenoxy) is 1. The van der Waals surface area contributed by atoms with Crippen LogP contribution in [0, 0.1) is 11.6 Å². The van der Waals surface area contributed by atoms with Gasteiger partial charge in [-0.05, 0) is 6.07 Å². The Morgan fingerprint density at radius 1 is 1.36 bits per heavy atom. The number of hydrogen-bond donors (Lipinski definition) is 0. The van der Waals surface area contributed by atoms with Crippen molar-refractivity contribution in [3.63, 3.8) is 0 Å². The Hall–Kier alpha value is -0.880. The first-order valence-corrected chi connectivity index (χ1v) is 5.65. The second kappa shape index (κ2) is 3.70. The van der Waals surface area contributed by atoms with E-state index in [0.29, 0.717) is 12.1 Å². The molecule has 0 heterocycles. The molecular weight excluding hydrogens is 238 g/mol. The third-order valence-corrected chi connectivity index (χ3v) is 2.77. The van der Waals surface area contributed by atoms with Gasteiger partial charge in [0.25, 0.3) is 9.05 Å². The van der Waals surface area contributed by atoms with Gasteiger partial charge in [0.05, 0.1) is 7.11 Å². The molecule has 0 unspecified atom stereocenters.